The van der Waals surface area contributed by atoms with E-state index in [0.717, 1.165) is 0 Å². The van der Waals surface area contributed by atoms with E-state index in [4.69, 9.17) is 0 Å². The summed E-state index contributed by atoms with van der Waals surface area (Å²) in [6.45, 7) is 0. The van der Waals surface area contributed by atoms with Gasteiger partial charge in [-0.25, -0.2) is 0 Å². The van der Waals surface area contributed by atoms with Crippen molar-refractivity contribution >= 4 is 34.2 Å². The average Bonchev–Trinajstić information content (AvgIpc) is 2.82. The molecule has 3 rings (SSSR count). The van der Waals surface area contributed by atoms with Crippen molar-refractivity contribution in [2.75, 3.05) is 0 Å². The minimum absolute atomic E-state index is 0.000370. The van der Waals surface area contributed by atoms with Crippen molar-refractivity contribution in [2.45, 2.75) is 0 Å². The van der Waals surface area contributed by atoms with Gasteiger partial charge in [0.05, 0.1) is 9.75 Å². The Morgan fingerprint density at radius 3 is 1.79 bits per heavy atom. The molecule has 0 spiro atoms. The molecule has 14 heavy (non-hydrogen) atoms. The van der Waals surface area contributed by atoms with E-state index in [0.29, 0.717) is 20.9 Å². The Balaban J connectivity index is 2.37. The van der Waals surface area contributed by atoms with Gasteiger partial charge >= 0.3 is 0 Å². The molecule has 2 aromatic rings. The second-order valence-corrected chi connectivity index (χ2v) is 4.82. The maximum absolute atomic E-state index is 11.8. The molecular weight excluding hydrogens is 216 g/mol. The summed E-state index contributed by atoms with van der Waals surface area (Å²) in [7, 11) is 0. The van der Waals surface area contributed by atoms with Gasteiger partial charge in [-0.15, -0.1) is 22.7 Å². The Morgan fingerprint density at radius 1 is 0.786 bits per heavy atom. The summed E-state index contributed by atoms with van der Waals surface area (Å²) in [5.74, 6) is -0.0169. The summed E-state index contributed by atoms with van der Waals surface area (Å²) in [5.41, 5.74) is 1.12. The molecule has 0 radical (unpaired) electrons. The van der Waals surface area contributed by atoms with E-state index >= 15 is 0 Å². The molecule has 0 saturated heterocycles. The van der Waals surface area contributed by atoms with Gasteiger partial charge in [0.25, 0.3) is 0 Å². The monoisotopic (exact) mass is 220 g/mol. The van der Waals surface area contributed by atoms with Crippen LogP contribution in [0.5, 0.6) is 0 Å². The van der Waals surface area contributed by atoms with Crippen molar-refractivity contribution in [3.8, 4) is 0 Å². The second kappa shape index (κ2) is 2.62. The predicted octanol–water partition coefficient (Wildman–Crippen LogP) is 2.59. The lowest BCUT2D eigenvalue weighted by atomic mass is 9.96. The van der Waals surface area contributed by atoms with Gasteiger partial charge in [0.15, 0.2) is 5.78 Å². The molecular formula is C10H4O2S2. The Hall–Kier alpha value is -1.26. The number of carbonyl (C=O) groups excluding carboxylic acids is 2. The molecule has 0 saturated carbocycles. The van der Waals surface area contributed by atoms with Crippen LogP contribution in [0.2, 0.25) is 0 Å². The third kappa shape index (κ3) is 0.844. The molecule has 2 aromatic heterocycles. The SMILES string of the molecule is O=C1c2ccsc2C(=O)c2sccc21. The fraction of sp³-hybridized carbons (Fsp3) is 0. The molecule has 0 atom stereocenters. The van der Waals surface area contributed by atoms with Gasteiger partial charge < -0.3 is 0 Å². The van der Waals surface area contributed by atoms with Gasteiger partial charge in [-0.05, 0) is 22.9 Å². The summed E-state index contributed by atoms with van der Waals surface area (Å²) >= 11 is 2.68. The number of hydrogen-bond donors (Lipinski definition) is 0. The summed E-state index contributed by atoms with van der Waals surface area (Å²) < 4.78 is 0. The van der Waals surface area contributed by atoms with E-state index in [1.165, 1.54) is 22.7 Å². The van der Waals surface area contributed by atoms with Crippen molar-refractivity contribution in [3.63, 3.8) is 0 Å². The summed E-state index contributed by atoms with van der Waals surface area (Å²) in [5, 5.41) is 3.58. The van der Waals surface area contributed by atoms with E-state index in [9.17, 15) is 9.59 Å². The van der Waals surface area contributed by atoms with Gasteiger partial charge in [0.2, 0.25) is 5.78 Å². The third-order valence-corrected chi connectivity index (χ3v) is 4.06. The molecule has 0 aliphatic heterocycles. The molecule has 0 N–H and O–H groups in total. The standard InChI is InChI=1S/C10H4O2S2/c11-7-5-1-3-13-9(5)8(12)10-6(7)2-4-14-10/h1-4H. The van der Waals surface area contributed by atoms with Gasteiger partial charge in [-0.2, -0.15) is 0 Å². The Labute approximate surface area is 87.8 Å². The van der Waals surface area contributed by atoms with E-state index in [-0.39, 0.29) is 11.6 Å². The number of fused-ring (bicyclic) bond motifs is 2. The molecule has 0 fully saturated rings. The average molecular weight is 220 g/mol. The van der Waals surface area contributed by atoms with Crippen LogP contribution in [0.4, 0.5) is 0 Å². The van der Waals surface area contributed by atoms with Crippen molar-refractivity contribution in [1.29, 1.82) is 0 Å². The van der Waals surface area contributed by atoms with Crippen molar-refractivity contribution in [2.24, 2.45) is 0 Å². The smallest absolute Gasteiger partial charge is 0.214 e. The third-order valence-electron chi connectivity index (χ3n) is 2.23. The van der Waals surface area contributed by atoms with Crippen LogP contribution in [-0.2, 0) is 0 Å². The van der Waals surface area contributed by atoms with Gasteiger partial charge in [0, 0.05) is 11.1 Å². The van der Waals surface area contributed by atoms with Crippen molar-refractivity contribution in [1.82, 2.24) is 0 Å². The van der Waals surface area contributed by atoms with Crippen LogP contribution in [0, 0.1) is 0 Å². The summed E-state index contributed by atoms with van der Waals surface area (Å²) in [6.07, 6.45) is 0. The first-order chi connectivity index (χ1) is 6.79. The predicted molar refractivity (Wildman–Crippen MR) is 55.5 cm³/mol. The van der Waals surface area contributed by atoms with Gasteiger partial charge in [-0.1, -0.05) is 0 Å². The zero-order chi connectivity index (χ0) is 9.71. The maximum Gasteiger partial charge on any atom is 0.214 e. The lowest BCUT2D eigenvalue weighted by molar-refractivity contribution is 0.0986. The molecule has 2 nitrogen and oxygen atoms in total. The molecule has 0 bridgehead atoms. The largest absolute Gasteiger partial charge is 0.288 e. The molecule has 0 unspecified atom stereocenters. The molecule has 0 aromatic carbocycles. The zero-order valence-electron chi connectivity index (χ0n) is 6.94. The molecule has 1 aliphatic rings. The summed E-state index contributed by atoms with van der Waals surface area (Å²) in [6, 6.07) is 3.45. The van der Waals surface area contributed by atoms with Crippen molar-refractivity contribution < 1.29 is 9.59 Å². The van der Waals surface area contributed by atoms with Gasteiger partial charge in [-0.3, -0.25) is 9.59 Å². The second-order valence-electron chi connectivity index (χ2n) is 2.99. The first-order valence-electron chi connectivity index (χ1n) is 4.03. The molecule has 2 heterocycles. The molecule has 0 amide bonds. The minimum atomic E-state index is -0.0166. The normalized spacial score (nSPS) is 14.0. The minimum Gasteiger partial charge on any atom is -0.288 e. The number of hydrogen-bond acceptors (Lipinski definition) is 4. The quantitative estimate of drug-likeness (QED) is 0.583. The van der Waals surface area contributed by atoms with Gasteiger partial charge in [0.1, 0.15) is 0 Å². The van der Waals surface area contributed by atoms with E-state index in [2.05, 4.69) is 0 Å². The number of rotatable bonds is 0. The van der Waals surface area contributed by atoms with Crippen LogP contribution in [0.15, 0.2) is 22.9 Å². The number of thiophene rings is 2. The Morgan fingerprint density at radius 2 is 1.29 bits per heavy atom. The zero-order valence-corrected chi connectivity index (χ0v) is 8.58. The van der Waals surface area contributed by atoms with Crippen LogP contribution in [0.1, 0.15) is 30.5 Å². The lowest BCUT2D eigenvalue weighted by Crippen LogP contribution is -2.15. The maximum atomic E-state index is 11.8. The Bertz CT molecular complexity index is 457. The molecule has 4 heteroatoms. The van der Waals surface area contributed by atoms with E-state index in [1.807, 2.05) is 0 Å². The van der Waals surface area contributed by atoms with Crippen LogP contribution in [-0.4, -0.2) is 11.6 Å². The fourth-order valence-electron chi connectivity index (χ4n) is 1.58. The number of ketones is 2. The molecule has 68 valence electrons. The van der Waals surface area contributed by atoms with Crippen LogP contribution in [0.25, 0.3) is 0 Å². The molecule has 1 aliphatic carbocycles. The highest BCUT2D eigenvalue weighted by molar-refractivity contribution is 7.16. The van der Waals surface area contributed by atoms with Crippen LogP contribution in [0.3, 0.4) is 0 Å². The van der Waals surface area contributed by atoms with E-state index < -0.39 is 0 Å². The highest BCUT2D eigenvalue weighted by Gasteiger charge is 2.31. The Kier molecular flexibility index (Phi) is 1.51. The van der Waals surface area contributed by atoms with E-state index in [1.54, 1.807) is 22.9 Å². The van der Waals surface area contributed by atoms with Crippen LogP contribution >= 0.6 is 22.7 Å². The lowest BCUT2D eigenvalue weighted by Gasteiger charge is -2.08. The highest BCUT2D eigenvalue weighted by atomic mass is 32.1. The number of carbonyl (C=O) groups is 2. The first-order valence-corrected chi connectivity index (χ1v) is 5.79. The topological polar surface area (TPSA) is 34.1 Å². The first kappa shape index (κ1) is 8.08. The summed E-state index contributed by atoms with van der Waals surface area (Å²) in [4.78, 5) is 24.9. The highest BCUT2D eigenvalue weighted by Crippen LogP contribution is 2.33. The van der Waals surface area contributed by atoms with Crippen LogP contribution < -0.4 is 0 Å². The fourth-order valence-corrected chi connectivity index (χ4v) is 3.31. The van der Waals surface area contributed by atoms with Crippen molar-refractivity contribution in [3.05, 3.63) is 43.8 Å².